The van der Waals surface area contributed by atoms with Crippen LogP contribution >= 0.6 is 0 Å². The number of ether oxygens (including phenoxy) is 3. The van der Waals surface area contributed by atoms with Crippen LogP contribution in [0.3, 0.4) is 0 Å². The zero-order chi connectivity index (χ0) is 27.1. The first kappa shape index (κ1) is 26.9. The molecule has 1 aliphatic rings. The number of amides is 2. The van der Waals surface area contributed by atoms with Crippen LogP contribution < -0.4 is 19.7 Å². The number of carbonyl (C=O) groups excluding carboxylic acids is 2. The third-order valence-corrected chi connectivity index (χ3v) is 6.49. The quantitative estimate of drug-likeness (QED) is 0.409. The Kier molecular flexibility index (Phi) is 8.80. The van der Waals surface area contributed by atoms with Crippen molar-refractivity contribution in [1.82, 2.24) is 19.7 Å². The maximum absolute atomic E-state index is 12.8. The fourth-order valence-corrected chi connectivity index (χ4v) is 4.06. The molecule has 2 atom stereocenters. The third-order valence-electron chi connectivity index (χ3n) is 6.49. The second-order valence-electron chi connectivity index (χ2n) is 9.27. The van der Waals surface area contributed by atoms with Crippen LogP contribution in [0.25, 0.3) is 0 Å². The summed E-state index contributed by atoms with van der Waals surface area (Å²) in [5.41, 5.74) is 2.60. The SMILES string of the molecule is COc1cc(N(C)C2COC(C(=O)Nc3cnn(CC(=O)N(C)CCOc4ccc(C)cc4)c3)C2)ccn1. The molecule has 3 heterocycles. The second-order valence-corrected chi connectivity index (χ2v) is 9.27. The summed E-state index contributed by atoms with van der Waals surface area (Å²) in [5, 5.41) is 7.05. The molecule has 1 fully saturated rings. The molecule has 38 heavy (non-hydrogen) atoms. The highest BCUT2D eigenvalue weighted by molar-refractivity contribution is 5.94. The van der Waals surface area contributed by atoms with E-state index >= 15 is 0 Å². The van der Waals surface area contributed by atoms with E-state index in [0.29, 0.717) is 37.7 Å². The van der Waals surface area contributed by atoms with E-state index in [1.807, 2.05) is 50.4 Å². The van der Waals surface area contributed by atoms with E-state index in [1.165, 1.54) is 10.9 Å². The molecule has 1 aromatic carbocycles. The van der Waals surface area contributed by atoms with Crippen LogP contribution in [0.5, 0.6) is 11.6 Å². The Morgan fingerprint density at radius 1 is 1.21 bits per heavy atom. The minimum Gasteiger partial charge on any atom is -0.492 e. The summed E-state index contributed by atoms with van der Waals surface area (Å²) in [4.78, 5) is 33.2. The third kappa shape index (κ3) is 7.00. The number of anilines is 2. The normalized spacial score (nSPS) is 16.6. The molecule has 0 spiro atoms. The van der Waals surface area contributed by atoms with Crippen LogP contribution in [-0.4, -0.2) is 84.6 Å². The number of benzene rings is 1. The summed E-state index contributed by atoms with van der Waals surface area (Å²) in [6, 6.07) is 11.5. The number of carbonyl (C=O) groups is 2. The zero-order valence-electron chi connectivity index (χ0n) is 22.2. The Hall–Kier alpha value is -4.12. The fraction of sp³-hybridized carbons (Fsp3) is 0.407. The van der Waals surface area contributed by atoms with Gasteiger partial charge in [-0.05, 0) is 25.1 Å². The van der Waals surface area contributed by atoms with E-state index in [2.05, 4.69) is 20.3 Å². The van der Waals surface area contributed by atoms with Gasteiger partial charge in [0, 0.05) is 44.7 Å². The van der Waals surface area contributed by atoms with Crippen molar-refractivity contribution in [3.05, 3.63) is 60.6 Å². The molecule has 2 aromatic heterocycles. The first-order valence-electron chi connectivity index (χ1n) is 12.4. The molecule has 1 aliphatic heterocycles. The molecule has 202 valence electrons. The van der Waals surface area contributed by atoms with Gasteiger partial charge in [0.1, 0.15) is 25.0 Å². The number of aryl methyl sites for hydroxylation is 1. The molecule has 4 rings (SSSR count). The van der Waals surface area contributed by atoms with Crippen molar-refractivity contribution in [2.45, 2.75) is 32.0 Å². The lowest BCUT2D eigenvalue weighted by atomic mass is 10.1. The average molecular weight is 523 g/mol. The van der Waals surface area contributed by atoms with Gasteiger partial charge in [0.25, 0.3) is 5.91 Å². The number of rotatable bonds is 11. The van der Waals surface area contributed by atoms with E-state index in [-0.39, 0.29) is 24.4 Å². The molecule has 0 saturated carbocycles. The van der Waals surface area contributed by atoms with Crippen LogP contribution in [0.4, 0.5) is 11.4 Å². The largest absolute Gasteiger partial charge is 0.492 e. The lowest BCUT2D eigenvalue weighted by Gasteiger charge is -2.25. The van der Waals surface area contributed by atoms with Crippen molar-refractivity contribution in [2.24, 2.45) is 0 Å². The summed E-state index contributed by atoms with van der Waals surface area (Å²) in [7, 11) is 5.25. The highest BCUT2D eigenvalue weighted by Crippen LogP contribution is 2.26. The standard InChI is InChI=1S/C27H34N6O5/c1-19-5-7-23(8-6-19)37-12-11-31(2)26(34)17-33-16-20(15-29-33)30-27(35)24-13-22(18-38-24)32(3)21-9-10-28-25(14-21)36-4/h5-10,14-16,22,24H,11-13,17-18H2,1-4H3,(H,30,35). The summed E-state index contributed by atoms with van der Waals surface area (Å²) in [5.74, 6) is 0.936. The molecule has 2 amide bonds. The minimum absolute atomic E-state index is 0.0312. The Morgan fingerprint density at radius 3 is 2.76 bits per heavy atom. The zero-order valence-corrected chi connectivity index (χ0v) is 22.2. The Balaban J connectivity index is 1.21. The topological polar surface area (TPSA) is 111 Å². The smallest absolute Gasteiger partial charge is 0.253 e. The molecule has 2 unspecified atom stereocenters. The number of hydrogen-bond acceptors (Lipinski definition) is 8. The molecule has 0 aliphatic carbocycles. The van der Waals surface area contributed by atoms with Gasteiger partial charge in [-0.15, -0.1) is 0 Å². The lowest BCUT2D eigenvalue weighted by Crippen LogP contribution is -2.33. The van der Waals surface area contributed by atoms with Crippen molar-refractivity contribution in [3.8, 4) is 11.6 Å². The van der Waals surface area contributed by atoms with Crippen LogP contribution in [0.2, 0.25) is 0 Å². The molecular formula is C27H34N6O5. The molecule has 1 saturated heterocycles. The van der Waals surface area contributed by atoms with Crippen molar-refractivity contribution in [2.75, 3.05) is 51.2 Å². The van der Waals surface area contributed by atoms with E-state index in [0.717, 1.165) is 17.0 Å². The first-order valence-corrected chi connectivity index (χ1v) is 12.4. The van der Waals surface area contributed by atoms with Gasteiger partial charge >= 0.3 is 0 Å². The van der Waals surface area contributed by atoms with Crippen LogP contribution in [0.1, 0.15) is 12.0 Å². The van der Waals surface area contributed by atoms with Crippen LogP contribution in [-0.2, 0) is 20.9 Å². The van der Waals surface area contributed by atoms with Gasteiger partial charge in [0.05, 0.1) is 38.2 Å². The molecule has 11 heteroatoms. The van der Waals surface area contributed by atoms with Crippen molar-refractivity contribution < 1.29 is 23.8 Å². The highest BCUT2D eigenvalue weighted by Gasteiger charge is 2.33. The molecule has 11 nitrogen and oxygen atoms in total. The number of pyridine rings is 1. The highest BCUT2D eigenvalue weighted by atomic mass is 16.5. The second kappa shape index (κ2) is 12.4. The number of methoxy groups -OCH3 is 1. The predicted octanol–water partition coefficient (Wildman–Crippen LogP) is 2.36. The molecular weight excluding hydrogens is 488 g/mol. The number of nitrogens with zero attached hydrogens (tertiary/aromatic N) is 5. The van der Waals surface area contributed by atoms with E-state index in [4.69, 9.17) is 14.2 Å². The van der Waals surface area contributed by atoms with Gasteiger partial charge in [-0.3, -0.25) is 14.3 Å². The first-order chi connectivity index (χ1) is 18.3. The number of aromatic nitrogens is 3. The van der Waals surface area contributed by atoms with Gasteiger partial charge in [-0.1, -0.05) is 17.7 Å². The van der Waals surface area contributed by atoms with Gasteiger partial charge in [0.2, 0.25) is 11.8 Å². The summed E-state index contributed by atoms with van der Waals surface area (Å²) in [6.07, 6.45) is 4.79. The Morgan fingerprint density at radius 2 is 2.00 bits per heavy atom. The summed E-state index contributed by atoms with van der Waals surface area (Å²) < 4.78 is 18.2. The molecule has 0 bridgehead atoms. The average Bonchev–Trinajstić information content (AvgIpc) is 3.59. The number of nitrogens with one attached hydrogen (secondary N) is 1. The van der Waals surface area contributed by atoms with E-state index < -0.39 is 6.10 Å². The van der Waals surface area contributed by atoms with Crippen LogP contribution in [0.15, 0.2) is 55.0 Å². The predicted molar refractivity (Wildman–Crippen MR) is 143 cm³/mol. The number of hydrogen-bond donors (Lipinski definition) is 1. The van der Waals surface area contributed by atoms with Crippen molar-refractivity contribution in [3.63, 3.8) is 0 Å². The molecule has 1 N–H and O–H groups in total. The summed E-state index contributed by atoms with van der Waals surface area (Å²) in [6.45, 7) is 3.32. The summed E-state index contributed by atoms with van der Waals surface area (Å²) >= 11 is 0. The van der Waals surface area contributed by atoms with Gasteiger partial charge in [-0.25, -0.2) is 4.98 Å². The van der Waals surface area contributed by atoms with Crippen molar-refractivity contribution in [1.29, 1.82) is 0 Å². The Labute approximate surface area is 222 Å². The van der Waals surface area contributed by atoms with Gasteiger partial charge < -0.3 is 29.3 Å². The van der Waals surface area contributed by atoms with E-state index in [9.17, 15) is 9.59 Å². The minimum atomic E-state index is -0.587. The molecule has 3 aromatic rings. The van der Waals surface area contributed by atoms with Gasteiger partial charge in [0.15, 0.2) is 0 Å². The Bertz CT molecular complexity index is 1230. The molecule has 0 radical (unpaired) electrons. The monoisotopic (exact) mass is 522 g/mol. The van der Waals surface area contributed by atoms with Crippen molar-refractivity contribution >= 4 is 23.2 Å². The van der Waals surface area contributed by atoms with E-state index in [1.54, 1.807) is 31.5 Å². The fourth-order valence-electron chi connectivity index (χ4n) is 4.06. The van der Waals surface area contributed by atoms with Crippen LogP contribution in [0, 0.1) is 6.92 Å². The lowest BCUT2D eigenvalue weighted by molar-refractivity contribution is -0.131. The van der Waals surface area contributed by atoms with Gasteiger partial charge in [-0.2, -0.15) is 5.10 Å². The maximum atomic E-state index is 12.8. The maximum Gasteiger partial charge on any atom is 0.253 e. The number of likely N-dealkylation sites (N-methyl/N-ethyl adjacent to an activating group) is 2.